The van der Waals surface area contributed by atoms with E-state index in [1.54, 1.807) is 30.3 Å². The Kier molecular flexibility index (Phi) is 6.52. The van der Waals surface area contributed by atoms with E-state index < -0.39 is 0 Å². The summed E-state index contributed by atoms with van der Waals surface area (Å²) in [5.74, 6) is 0.550. The molecule has 0 amide bonds. The molecule has 0 aliphatic heterocycles. The van der Waals surface area contributed by atoms with Crippen LogP contribution in [0.25, 0.3) is 11.1 Å². The fraction of sp³-hybridized carbons (Fsp3) is 0.391. The third kappa shape index (κ3) is 5.13. The number of halogens is 1. The van der Waals surface area contributed by atoms with Gasteiger partial charge in [-0.15, -0.1) is 0 Å². The van der Waals surface area contributed by atoms with Crippen molar-refractivity contribution in [2.75, 3.05) is 13.7 Å². The van der Waals surface area contributed by atoms with E-state index in [4.69, 9.17) is 14.2 Å². The molecule has 1 saturated carbocycles. The zero-order valence-electron chi connectivity index (χ0n) is 16.8. The molecule has 2 aromatic carbocycles. The van der Waals surface area contributed by atoms with Crippen LogP contribution in [0.5, 0.6) is 11.5 Å². The normalized spacial score (nSPS) is 17.7. The van der Waals surface area contributed by atoms with Crippen molar-refractivity contribution in [2.24, 2.45) is 11.8 Å². The van der Waals surface area contributed by atoms with Crippen molar-refractivity contribution >= 4 is 12.3 Å². The summed E-state index contributed by atoms with van der Waals surface area (Å²) in [7, 11) is 1.37. The predicted molar refractivity (Wildman–Crippen MR) is 106 cm³/mol. The molecule has 0 spiro atoms. The summed E-state index contributed by atoms with van der Waals surface area (Å²) in [5.41, 5.74) is 1.71. The summed E-state index contributed by atoms with van der Waals surface area (Å²) >= 11 is 0. The molecule has 154 valence electrons. The summed E-state index contributed by atoms with van der Waals surface area (Å²) in [4.78, 5) is 22.7. The molecule has 0 bridgehead atoms. The maximum Gasteiger partial charge on any atom is 0.309 e. The standard InChI is InChI=1S/C23H25FO5/c1-14(2)29-18-5-6-21(24)19(12-18)15-4-7-22(16(10-15)8-9-25)28-13-17-11-20(17)23(26)27-3/h4-7,9-10,12,14,17,20H,8,11,13H2,1-3H3/t17-,20+/m0/s1. The Morgan fingerprint density at radius 3 is 2.72 bits per heavy atom. The molecule has 0 unspecified atom stereocenters. The molecule has 5 nitrogen and oxygen atoms in total. The first kappa shape index (κ1) is 20.8. The Hall–Kier alpha value is -2.89. The van der Waals surface area contributed by atoms with Crippen molar-refractivity contribution in [3.8, 4) is 22.6 Å². The van der Waals surface area contributed by atoms with E-state index in [0.717, 1.165) is 12.7 Å². The number of ether oxygens (including phenoxy) is 3. The maximum atomic E-state index is 14.4. The van der Waals surface area contributed by atoms with Crippen molar-refractivity contribution in [3.63, 3.8) is 0 Å². The summed E-state index contributed by atoms with van der Waals surface area (Å²) in [6.45, 7) is 4.18. The number of benzene rings is 2. The van der Waals surface area contributed by atoms with E-state index in [0.29, 0.717) is 34.8 Å². The Morgan fingerprint density at radius 1 is 1.24 bits per heavy atom. The fourth-order valence-electron chi connectivity index (χ4n) is 3.28. The second-order valence-electron chi connectivity index (χ2n) is 7.44. The molecule has 29 heavy (non-hydrogen) atoms. The molecule has 0 heterocycles. The van der Waals surface area contributed by atoms with E-state index in [9.17, 15) is 14.0 Å². The quantitative estimate of drug-likeness (QED) is 0.466. The summed E-state index contributed by atoms with van der Waals surface area (Å²) in [6.07, 6.45) is 1.65. The second-order valence-corrected chi connectivity index (χ2v) is 7.44. The van der Waals surface area contributed by atoms with Crippen molar-refractivity contribution in [2.45, 2.75) is 32.8 Å². The van der Waals surface area contributed by atoms with Crippen LogP contribution in [-0.2, 0) is 20.7 Å². The second kappa shape index (κ2) is 9.07. The zero-order chi connectivity index (χ0) is 21.0. The Balaban J connectivity index is 1.79. The van der Waals surface area contributed by atoms with Crippen LogP contribution in [0.2, 0.25) is 0 Å². The highest BCUT2D eigenvalue weighted by molar-refractivity contribution is 5.75. The van der Waals surface area contributed by atoms with Crippen molar-refractivity contribution in [3.05, 3.63) is 47.8 Å². The molecular formula is C23H25FO5. The van der Waals surface area contributed by atoms with Gasteiger partial charge in [0.2, 0.25) is 0 Å². The van der Waals surface area contributed by atoms with Crippen molar-refractivity contribution < 1.29 is 28.2 Å². The highest BCUT2D eigenvalue weighted by Gasteiger charge is 2.44. The van der Waals surface area contributed by atoms with E-state index in [-0.39, 0.29) is 36.1 Å². The van der Waals surface area contributed by atoms with Gasteiger partial charge in [0.1, 0.15) is 23.6 Å². The van der Waals surface area contributed by atoms with Gasteiger partial charge in [-0.25, -0.2) is 4.39 Å². The number of carbonyl (C=O) groups is 2. The van der Waals surface area contributed by atoms with Crippen molar-refractivity contribution in [1.29, 1.82) is 0 Å². The van der Waals surface area contributed by atoms with Crippen LogP contribution in [0.4, 0.5) is 4.39 Å². The third-order valence-electron chi connectivity index (χ3n) is 4.86. The van der Waals surface area contributed by atoms with Crippen LogP contribution >= 0.6 is 0 Å². The van der Waals surface area contributed by atoms with Gasteiger partial charge in [0, 0.05) is 23.5 Å². The number of hydrogen-bond donors (Lipinski definition) is 0. The molecule has 1 aliphatic rings. The molecule has 2 atom stereocenters. The number of rotatable bonds is 9. The van der Waals surface area contributed by atoms with Gasteiger partial charge in [0.25, 0.3) is 0 Å². The molecule has 0 aromatic heterocycles. The monoisotopic (exact) mass is 400 g/mol. The molecular weight excluding hydrogens is 375 g/mol. The summed E-state index contributed by atoms with van der Waals surface area (Å²) < 4.78 is 30.7. The summed E-state index contributed by atoms with van der Waals surface area (Å²) in [6, 6.07) is 9.87. The molecule has 2 aromatic rings. The lowest BCUT2D eigenvalue weighted by Gasteiger charge is -2.14. The largest absolute Gasteiger partial charge is 0.493 e. The Morgan fingerprint density at radius 2 is 2.03 bits per heavy atom. The molecule has 0 N–H and O–H groups in total. The van der Waals surface area contributed by atoms with Gasteiger partial charge >= 0.3 is 5.97 Å². The SMILES string of the molecule is COC(=O)[C@@H]1C[C@H]1COc1ccc(-c2cc(OC(C)C)ccc2F)cc1CC=O. The lowest BCUT2D eigenvalue weighted by molar-refractivity contribution is -0.142. The minimum Gasteiger partial charge on any atom is -0.493 e. The molecule has 0 saturated heterocycles. The van der Waals surface area contributed by atoms with Crippen LogP contribution in [0.15, 0.2) is 36.4 Å². The number of hydrogen-bond acceptors (Lipinski definition) is 5. The Labute approximate surface area is 169 Å². The highest BCUT2D eigenvalue weighted by Crippen LogP contribution is 2.40. The number of esters is 1. The first-order valence-electron chi connectivity index (χ1n) is 9.66. The molecule has 1 aliphatic carbocycles. The molecule has 6 heteroatoms. The average Bonchev–Trinajstić information content (AvgIpc) is 3.47. The molecule has 0 radical (unpaired) electrons. The number of carbonyl (C=O) groups excluding carboxylic acids is 2. The predicted octanol–water partition coefficient (Wildman–Crippen LogP) is 4.21. The van der Waals surface area contributed by atoms with Gasteiger partial charge in [0.15, 0.2) is 0 Å². The van der Waals surface area contributed by atoms with Crippen molar-refractivity contribution in [1.82, 2.24) is 0 Å². The van der Waals surface area contributed by atoms with Gasteiger partial charge in [0.05, 0.1) is 25.7 Å². The van der Waals surface area contributed by atoms with Gasteiger partial charge in [-0.1, -0.05) is 6.07 Å². The van der Waals surface area contributed by atoms with E-state index in [2.05, 4.69) is 0 Å². The van der Waals surface area contributed by atoms with Crippen LogP contribution in [-0.4, -0.2) is 32.1 Å². The fourth-order valence-corrected chi connectivity index (χ4v) is 3.28. The maximum absolute atomic E-state index is 14.4. The highest BCUT2D eigenvalue weighted by atomic mass is 19.1. The Bertz CT molecular complexity index is 893. The van der Waals surface area contributed by atoms with Gasteiger partial charge < -0.3 is 19.0 Å². The van der Waals surface area contributed by atoms with Crippen LogP contribution in [0.3, 0.4) is 0 Å². The van der Waals surface area contributed by atoms with Gasteiger partial charge in [-0.3, -0.25) is 4.79 Å². The molecule has 1 fully saturated rings. The van der Waals surface area contributed by atoms with Gasteiger partial charge in [-0.05, 0) is 56.2 Å². The van der Waals surface area contributed by atoms with Crippen LogP contribution in [0, 0.1) is 17.7 Å². The first-order valence-corrected chi connectivity index (χ1v) is 9.66. The topological polar surface area (TPSA) is 61.8 Å². The van der Waals surface area contributed by atoms with Gasteiger partial charge in [-0.2, -0.15) is 0 Å². The number of methoxy groups -OCH3 is 1. The molecule has 3 rings (SSSR count). The minimum atomic E-state index is -0.370. The average molecular weight is 400 g/mol. The summed E-state index contributed by atoms with van der Waals surface area (Å²) in [5, 5.41) is 0. The van der Waals surface area contributed by atoms with Crippen LogP contribution < -0.4 is 9.47 Å². The van der Waals surface area contributed by atoms with E-state index in [1.165, 1.54) is 13.2 Å². The third-order valence-corrected chi connectivity index (χ3v) is 4.86. The first-order chi connectivity index (χ1) is 13.9. The minimum absolute atomic E-state index is 0.0223. The smallest absolute Gasteiger partial charge is 0.309 e. The van der Waals surface area contributed by atoms with E-state index >= 15 is 0 Å². The lowest BCUT2D eigenvalue weighted by atomic mass is 10.0. The zero-order valence-corrected chi connectivity index (χ0v) is 16.8. The van der Waals surface area contributed by atoms with Crippen LogP contribution in [0.1, 0.15) is 25.8 Å². The van der Waals surface area contributed by atoms with E-state index in [1.807, 2.05) is 13.8 Å². The lowest BCUT2D eigenvalue weighted by Crippen LogP contribution is -2.09. The number of aldehydes is 1.